The molecule has 0 aliphatic heterocycles. The van der Waals surface area contributed by atoms with E-state index in [1.807, 2.05) is 0 Å². The van der Waals surface area contributed by atoms with E-state index in [2.05, 4.69) is 17.8 Å². The Kier molecular flexibility index (Phi) is 6.85. The first-order chi connectivity index (χ1) is 4.91. The van der Waals surface area contributed by atoms with E-state index >= 15 is 0 Å². The fourth-order valence-corrected chi connectivity index (χ4v) is 0.554. The fraction of sp³-hybridized carbons (Fsp3) is 0.444. The van der Waals surface area contributed by atoms with Gasteiger partial charge >= 0.3 is 0 Å². The summed E-state index contributed by atoms with van der Waals surface area (Å²) >= 11 is 0. The van der Waals surface area contributed by atoms with Crippen LogP contribution in [0, 0.1) is 24.2 Å². The van der Waals surface area contributed by atoms with E-state index in [9.17, 15) is 4.79 Å². The summed E-state index contributed by atoms with van der Waals surface area (Å²) in [6.45, 7) is 0. The Balaban J connectivity index is 3.06. The maximum absolute atomic E-state index is 9.69. The van der Waals surface area contributed by atoms with E-state index in [4.69, 9.17) is 6.42 Å². The van der Waals surface area contributed by atoms with Crippen LogP contribution in [0.3, 0.4) is 0 Å². The normalized spacial score (nSPS) is 7.10. The predicted molar refractivity (Wildman–Crippen MR) is 41.1 cm³/mol. The van der Waals surface area contributed by atoms with Gasteiger partial charge in [-0.3, -0.25) is 4.79 Å². The van der Waals surface area contributed by atoms with Crippen molar-refractivity contribution in [1.82, 2.24) is 0 Å². The van der Waals surface area contributed by atoms with Crippen LogP contribution in [0.1, 0.15) is 25.7 Å². The molecule has 0 rings (SSSR count). The molecule has 0 aromatic heterocycles. The molecule has 0 aliphatic rings. The molecule has 0 aliphatic carbocycles. The van der Waals surface area contributed by atoms with Crippen molar-refractivity contribution in [3.05, 3.63) is 0 Å². The Hall–Kier alpha value is -1.21. The SMILES string of the molecule is C#CCCCCC#CC=O. The van der Waals surface area contributed by atoms with E-state index in [0.717, 1.165) is 25.7 Å². The van der Waals surface area contributed by atoms with E-state index in [-0.39, 0.29) is 0 Å². The van der Waals surface area contributed by atoms with Crippen molar-refractivity contribution in [2.75, 3.05) is 0 Å². The zero-order valence-corrected chi connectivity index (χ0v) is 5.89. The molecule has 0 aromatic rings. The lowest BCUT2D eigenvalue weighted by Gasteiger charge is -1.86. The second kappa shape index (κ2) is 7.79. The number of hydrogen-bond acceptors (Lipinski definition) is 1. The van der Waals surface area contributed by atoms with Gasteiger partial charge in [0.15, 0.2) is 6.29 Å². The van der Waals surface area contributed by atoms with Crippen molar-refractivity contribution in [3.63, 3.8) is 0 Å². The topological polar surface area (TPSA) is 17.1 Å². The van der Waals surface area contributed by atoms with Crippen LogP contribution in [0.25, 0.3) is 0 Å². The molecule has 10 heavy (non-hydrogen) atoms. The van der Waals surface area contributed by atoms with Gasteiger partial charge < -0.3 is 0 Å². The number of carbonyl (C=O) groups excluding carboxylic acids is 1. The Labute approximate surface area is 61.8 Å². The third kappa shape index (κ3) is 6.79. The summed E-state index contributed by atoms with van der Waals surface area (Å²) in [4.78, 5) is 9.69. The van der Waals surface area contributed by atoms with Gasteiger partial charge in [-0.25, -0.2) is 0 Å². The van der Waals surface area contributed by atoms with Crippen LogP contribution in [0.5, 0.6) is 0 Å². The number of aldehydes is 1. The number of unbranched alkanes of at least 4 members (excludes halogenated alkanes) is 3. The lowest BCUT2D eigenvalue weighted by Crippen LogP contribution is -1.72. The molecule has 0 atom stereocenters. The van der Waals surface area contributed by atoms with Crippen molar-refractivity contribution >= 4 is 6.29 Å². The van der Waals surface area contributed by atoms with Crippen LogP contribution in [-0.4, -0.2) is 6.29 Å². The maximum atomic E-state index is 9.69. The van der Waals surface area contributed by atoms with Crippen LogP contribution in [0.4, 0.5) is 0 Å². The summed E-state index contributed by atoms with van der Waals surface area (Å²) in [5.41, 5.74) is 0. The van der Waals surface area contributed by atoms with Gasteiger partial charge in [-0.15, -0.1) is 12.3 Å². The smallest absolute Gasteiger partial charge is 0.192 e. The Morgan fingerprint density at radius 1 is 1.30 bits per heavy atom. The number of carbonyl (C=O) groups is 1. The molecule has 1 heteroatoms. The fourth-order valence-electron chi connectivity index (χ4n) is 0.554. The zero-order chi connectivity index (χ0) is 7.66. The summed E-state index contributed by atoms with van der Waals surface area (Å²) in [5.74, 6) is 7.59. The number of hydrogen-bond donors (Lipinski definition) is 0. The first-order valence-corrected chi connectivity index (χ1v) is 3.27. The van der Waals surface area contributed by atoms with Gasteiger partial charge in [0.05, 0.1) is 0 Å². The lowest BCUT2D eigenvalue weighted by atomic mass is 10.2. The second-order valence-corrected chi connectivity index (χ2v) is 1.85. The molecule has 1 nitrogen and oxygen atoms in total. The molecule has 0 aromatic carbocycles. The molecule has 0 unspecified atom stereocenters. The molecule has 0 N–H and O–H groups in total. The van der Waals surface area contributed by atoms with Gasteiger partial charge in [0.25, 0.3) is 0 Å². The van der Waals surface area contributed by atoms with Crippen molar-refractivity contribution in [1.29, 1.82) is 0 Å². The Morgan fingerprint density at radius 2 is 2.00 bits per heavy atom. The third-order valence-corrected chi connectivity index (χ3v) is 1.03. The van der Waals surface area contributed by atoms with Gasteiger partial charge in [0.1, 0.15) is 0 Å². The lowest BCUT2D eigenvalue weighted by molar-refractivity contribution is -0.103. The molecule has 0 amide bonds. The Bertz CT molecular complexity index is 175. The van der Waals surface area contributed by atoms with E-state index in [0.29, 0.717) is 6.29 Å². The highest BCUT2D eigenvalue weighted by molar-refractivity contribution is 5.72. The summed E-state index contributed by atoms with van der Waals surface area (Å²) < 4.78 is 0. The van der Waals surface area contributed by atoms with Crippen molar-refractivity contribution in [2.45, 2.75) is 25.7 Å². The molecule has 0 fully saturated rings. The molecule has 0 heterocycles. The van der Waals surface area contributed by atoms with E-state index < -0.39 is 0 Å². The van der Waals surface area contributed by atoms with Gasteiger partial charge in [0.2, 0.25) is 0 Å². The summed E-state index contributed by atoms with van der Waals surface area (Å²) in [7, 11) is 0. The highest BCUT2D eigenvalue weighted by Gasteiger charge is 1.80. The van der Waals surface area contributed by atoms with Crippen LogP contribution in [0.2, 0.25) is 0 Å². The molecule has 0 radical (unpaired) electrons. The third-order valence-electron chi connectivity index (χ3n) is 1.03. The quantitative estimate of drug-likeness (QED) is 0.324. The minimum atomic E-state index is 0.612. The molecular formula is C9H10O. The molecule has 0 bridgehead atoms. The second-order valence-electron chi connectivity index (χ2n) is 1.85. The standard InChI is InChI=1S/C9H10O/c1-2-3-4-5-6-7-8-9-10/h1,9H,3-6H2. The minimum Gasteiger partial charge on any atom is -0.289 e. The molecule has 0 saturated heterocycles. The highest BCUT2D eigenvalue weighted by Crippen LogP contribution is 1.96. The summed E-state index contributed by atoms with van der Waals surface area (Å²) in [5, 5.41) is 0. The van der Waals surface area contributed by atoms with Gasteiger partial charge in [-0.2, -0.15) is 0 Å². The zero-order valence-electron chi connectivity index (χ0n) is 5.89. The van der Waals surface area contributed by atoms with Crippen LogP contribution in [-0.2, 0) is 4.79 Å². The summed E-state index contributed by atoms with van der Waals surface area (Å²) in [6, 6.07) is 0. The molecule has 52 valence electrons. The minimum absolute atomic E-state index is 0.612. The van der Waals surface area contributed by atoms with Crippen LogP contribution < -0.4 is 0 Å². The first-order valence-electron chi connectivity index (χ1n) is 3.27. The first kappa shape index (κ1) is 8.79. The average Bonchev–Trinajstić information content (AvgIpc) is 1.97. The number of terminal acetylenes is 1. The van der Waals surface area contributed by atoms with Gasteiger partial charge in [0, 0.05) is 12.8 Å². The average molecular weight is 134 g/mol. The van der Waals surface area contributed by atoms with Crippen molar-refractivity contribution < 1.29 is 4.79 Å². The molecule has 0 saturated carbocycles. The van der Waals surface area contributed by atoms with Crippen LogP contribution >= 0.6 is 0 Å². The summed E-state index contributed by atoms with van der Waals surface area (Å²) in [6.07, 6.45) is 9.22. The molecule has 0 spiro atoms. The Morgan fingerprint density at radius 3 is 2.60 bits per heavy atom. The highest BCUT2D eigenvalue weighted by atomic mass is 16.1. The monoisotopic (exact) mass is 134 g/mol. The van der Waals surface area contributed by atoms with Crippen molar-refractivity contribution in [2.24, 2.45) is 0 Å². The van der Waals surface area contributed by atoms with Crippen LogP contribution in [0.15, 0.2) is 0 Å². The van der Waals surface area contributed by atoms with E-state index in [1.54, 1.807) is 0 Å². The van der Waals surface area contributed by atoms with E-state index in [1.165, 1.54) is 0 Å². The van der Waals surface area contributed by atoms with Gasteiger partial charge in [-0.1, -0.05) is 5.92 Å². The molecular weight excluding hydrogens is 124 g/mol. The van der Waals surface area contributed by atoms with Gasteiger partial charge in [-0.05, 0) is 18.8 Å². The number of rotatable bonds is 3. The predicted octanol–water partition coefficient (Wildman–Crippen LogP) is 1.38. The maximum Gasteiger partial charge on any atom is 0.192 e. The largest absolute Gasteiger partial charge is 0.289 e. The van der Waals surface area contributed by atoms with Crippen molar-refractivity contribution in [3.8, 4) is 24.2 Å².